The van der Waals surface area contributed by atoms with Crippen molar-refractivity contribution in [1.29, 1.82) is 0 Å². The molecule has 1 atom stereocenters. The van der Waals surface area contributed by atoms with E-state index in [1.54, 1.807) is 6.20 Å². The fourth-order valence-corrected chi connectivity index (χ4v) is 1.94. The van der Waals surface area contributed by atoms with Crippen LogP contribution in [0.3, 0.4) is 0 Å². The van der Waals surface area contributed by atoms with E-state index in [-0.39, 0.29) is 11.9 Å². The maximum atomic E-state index is 11.7. The highest BCUT2D eigenvalue weighted by Crippen LogP contribution is 2.06. The van der Waals surface area contributed by atoms with Crippen molar-refractivity contribution < 1.29 is 4.79 Å². The SMILES string of the molecule is Cn1nccc1CNC1CCCCNC1=O. The van der Waals surface area contributed by atoms with Crippen molar-refractivity contribution in [3.63, 3.8) is 0 Å². The number of amides is 1. The van der Waals surface area contributed by atoms with Crippen LogP contribution in [-0.2, 0) is 18.4 Å². The van der Waals surface area contributed by atoms with Crippen molar-refractivity contribution in [2.75, 3.05) is 6.54 Å². The molecule has 1 aromatic rings. The first-order chi connectivity index (χ1) is 7.77. The average molecular weight is 222 g/mol. The van der Waals surface area contributed by atoms with Crippen LogP contribution in [0, 0.1) is 0 Å². The Balaban J connectivity index is 1.89. The summed E-state index contributed by atoms with van der Waals surface area (Å²) in [6.45, 7) is 1.50. The summed E-state index contributed by atoms with van der Waals surface area (Å²) in [5, 5.41) is 10.3. The standard InChI is InChI=1S/C11H18N4O/c1-15-9(5-7-14-15)8-13-10-4-2-3-6-12-11(10)16/h5,7,10,13H,2-4,6,8H2,1H3,(H,12,16). The van der Waals surface area contributed by atoms with E-state index in [0.717, 1.165) is 31.5 Å². The van der Waals surface area contributed by atoms with Crippen molar-refractivity contribution in [3.05, 3.63) is 18.0 Å². The highest BCUT2D eigenvalue weighted by molar-refractivity contribution is 5.81. The summed E-state index contributed by atoms with van der Waals surface area (Å²) < 4.78 is 1.82. The smallest absolute Gasteiger partial charge is 0.237 e. The van der Waals surface area contributed by atoms with Crippen LogP contribution in [-0.4, -0.2) is 28.3 Å². The number of carbonyl (C=O) groups is 1. The number of carbonyl (C=O) groups excluding carboxylic acids is 1. The molecule has 1 aliphatic rings. The number of nitrogens with one attached hydrogen (secondary N) is 2. The van der Waals surface area contributed by atoms with Crippen LogP contribution in [0.5, 0.6) is 0 Å². The summed E-state index contributed by atoms with van der Waals surface area (Å²) in [7, 11) is 1.91. The fraction of sp³-hybridized carbons (Fsp3) is 0.636. The third-order valence-electron chi connectivity index (χ3n) is 2.99. The molecule has 1 unspecified atom stereocenters. The summed E-state index contributed by atoms with van der Waals surface area (Å²) in [5.41, 5.74) is 1.09. The third-order valence-corrected chi connectivity index (χ3v) is 2.99. The van der Waals surface area contributed by atoms with Gasteiger partial charge in [0.2, 0.25) is 5.91 Å². The topological polar surface area (TPSA) is 59.0 Å². The lowest BCUT2D eigenvalue weighted by Crippen LogP contribution is -2.42. The molecule has 0 spiro atoms. The predicted molar refractivity (Wildman–Crippen MR) is 60.7 cm³/mol. The average Bonchev–Trinajstić information content (AvgIpc) is 2.56. The van der Waals surface area contributed by atoms with Crippen LogP contribution in [0.15, 0.2) is 12.3 Å². The van der Waals surface area contributed by atoms with Crippen molar-refractivity contribution in [2.24, 2.45) is 7.05 Å². The predicted octanol–water partition coefficient (Wildman–Crippen LogP) is 0.178. The normalized spacial score (nSPS) is 21.6. The molecule has 16 heavy (non-hydrogen) atoms. The van der Waals surface area contributed by atoms with E-state index >= 15 is 0 Å². The lowest BCUT2D eigenvalue weighted by atomic mass is 10.1. The molecule has 1 aliphatic heterocycles. The maximum absolute atomic E-state index is 11.7. The summed E-state index contributed by atoms with van der Waals surface area (Å²) in [6.07, 6.45) is 4.87. The van der Waals surface area contributed by atoms with Gasteiger partial charge in [-0.3, -0.25) is 9.48 Å². The van der Waals surface area contributed by atoms with Crippen molar-refractivity contribution in [3.8, 4) is 0 Å². The van der Waals surface area contributed by atoms with Gasteiger partial charge in [-0.2, -0.15) is 5.10 Å². The highest BCUT2D eigenvalue weighted by atomic mass is 16.2. The summed E-state index contributed by atoms with van der Waals surface area (Å²) >= 11 is 0. The summed E-state index contributed by atoms with van der Waals surface area (Å²) in [5.74, 6) is 0.125. The number of rotatable bonds is 3. The van der Waals surface area contributed by atoms with Gasteiger partial charge in [0.25, 0.3) is 0 Å². The molecule has 1 fully saturated rings. The second kappa shape index (κ2) is 5.12. The number of aromatic nitrogens is 2. The lowest BCUT2D eigenvalue weighted by molar-refractivity contribution is -0.122. The van der Waals surface area contributed by atoms with Gasteiger partial charge >= 0.3 is 0 Å². The van der Waals surface area contributed by atoms with Crippen LogP contribution in [0.25, 0.3) is 0 Å². The maximum Gasteiger partial charge on any atom is 0.237 e. The molecule has 2 N–H and O–H groups in total. The lowest BCUT2D eigenvalue weighted by Gasteiger charge is -2.14. The molecule has 5 heteroatoms. The molecule has 2 rings (SSSR count). The summed E-state index contributed by atoms with van der Waals surface area (Å²) in [4.78, 5) is 11.7. The molecule has 0 aliphatic carbocycles. The van der Waals surface area contributed by atoms with Crippen LogP contribution in [0.1, 0.15) is 25.0 Å². The van der Waals surface area contributed by atoms with E-state index in [0.29, 0.717) is 6.54 Å². The first-order valence-electron chi connectivity index (χ1n) is 5.75. The van der Waals surface area contributed by atoms with Gasteiger partial charge in [0.1, 0.15) is 0 Å². The number of hydrogen-bond donors (Lipinski definition) is 2. The van der Waals surface area contributed by atoms with Gasteiger partial charge in [0.05, 0.1) is 11.7 Å². The van der Waals surface area contributed by atoms with E-state index in [1.165, 1.54) is 0 Å². The zero-order chi connectivity index (χ0) is 11.4. The minimum Gasteiger partial charge on any atom is -0.355 e. The molecular formula is C11H18N4O. The third kappa shape index (κ3) is 2.61. The Labute approximate surface area is 95.2 Å². The van der Waals surface area contributed by atoms with Gasteiger partial charge in [-0.25, -0.2) is 0 Å². The van der Waals surface area contributed by atoms with E-state index in [9.17, 15) is 4.79 Å². The van der Waals surface area contributed by atoms with Gasteiger partial charge in [0.15, 0.2) is 0 Å². The van der Waals surface area contributed by atoms with E-state index in [4.69, 9.17) is 0 Å². The molecule has 1 amide bonds. The zero-order valence-corrected chi connectivity index (χ0v) is 9.57. The van der Waals surface area contributed by atoms with Gasteiger partial charge in [0, 0.05) is 26.3 Å². The van der Waals surface area contributed by atoms with Crippen molar-refractivity contribution in [1.82, 2.24) is 20.4 Å². The van der Waals surface area contributed by atoms with Crippen molar-refractivity contribution in [2.45, 2.75) is 31.8 Å². The molecule has 0 bridgehead atoms. The molecule has 2 heterocycles. The zero-order valence-electron chi connectivity index (χ0n) is 9.57. The van der Waals surface area contributed by atoms with Gasteiger partial charge < -0.3 is 10.6 Å². The van der Waals surface area contributed by atoms with Crippen molar-refractivity contribution >= 4 is 5.91 Å². The Morgan fingerprint density at radius 3 is 3.25 bits per heavy atom. The van der Waals surface area contributed by atoms with Gasteiger partial charge in [-0.1, -0.05) is 0 Å². The molecular weight excluding hydrogens is 204 g/mol. The Morgan fingerprint density at radius 2 is 2.50 bits per heavy atom. The quantitative estimate of drug-likeness (QED) is 0.767. The molecule has 0 radical (unpaired) electrons. The Hall–Kier alpha value is -1.36. The number of hydrogen-bond acceptors (Lipinski definition) is 3. The van der Waals surface area contributed by atoms with Crippen LogP contribution in [0.2, 0.25) is 0 Å². The highest BCUT2D eigenvalue weighted by Gasteiger charge is 2.19. The Bertz CT molecular complexity index is 361. The molecule has 88 valence electrons. The summed E-state index contributed by atoms with van der Waals surface area (Å²) in [6, 6.07) is 1.90. The Kier molecular flexibility index (Phi) is 3.56. The molecule has 0 aromatic carbocycles. The number of aryl methyl sites for hydroxylation is 1. The molecule has 5 nitrogen and oxygen atoms in total. The van der Waals surface area contributed by atoms with Gasteiger partial charge in [-0.15, -0.1) is 0 Å². The molecule has 1 aromatic heterocycles. The van der Waals surface area contributed by atoms with Crippen LogP contribution >= 0.6 is 0 Å². The van der Waals surface area contributed by atoms with E-state index < -0.39 is 0 Å². The minimum atomic E-state index is -0.0580. The fourth-order valence-electron chi connectivity index (χ4n) is 1.94. The van der Waals surface area contributed by atoms with E-state index in [1.807, 2.05) is 17.8 Å². The minimum absolute atomic E-state index is 0.0580. The largest absolute Gasteiger partial charge is 0.355 e. The van der Waals surface area contributed by atoms with Crippen LogP contribution < -0.4 is 10.6 Å². The van der Waals surface area contributed by atoms with Crippen LogP contribution in [0.4, 0.5) is 0 Å². The molecule has 0 saturated carbocycles. The molecule has 1 saturated heterocycles. The second-order valence-corrected chi connectivity index (χ2v) is 4.17. The van der Waals surface area contributed by atoms with E-state index in [2.05, 4.69) is 15.7 Å². The van der Waals surface area contributed by atoms with Gasteiger partial charge in [-0.05, 0) is 25.3 Å². The number of nitrogens with zero attached hydrogens (tertiary/aromatic N) is 2. The first-order valence-corrected chi connectivity index (χ1v) is 5.75. The monoisotopic (exact) mass is 222 g/mol. The second-order valence-electron chi connectivity index (χ2n) is 4.17. The first kappa shape index (κ1) is 11.1. The Morgan fingerprint density at radius 1 is 1.62 bits per heavy atom.